The number of aliphatic imine (C=N–C) groups is 1. The molecule has 0 saturated heterocycles. The molecule has 0 aliphatic carbocycles. The maximum atomic E-state index is 10.5. The lowest BCUT2D eigenvalue weighted by Gasteiger charge is -2.14. The molecular weight excluding hydrogens is 254 g/mol. The standard InChI is InChI=1S/C15H17N3O2/c1-11(2)12-5-4-6-14(16-10-19)13(12)9-20-15-7-8-18(3)17-15/h4-8,11H,9H2,1-3H3. The van der Waals surface area contributed by atoms with Gasteiger partial charge in [-0.2, -0.15) is 4.99 Å². The third-order valence-corrected chi connectivity index (χ3v) is 3.03. The Bertz CT molecular complexity index is 640. The van der Waals surface area contributed by atoms with Crippen LogP contribution in [0.2, 0.25) is 0 Å². The van der Waals surface area contributed by atoms with Crippen LogP contribution in [0.15, 0.2) is 35.5 Å². The van der Waals surface area contributed by atoms with Crippen LogP contribution in [0.5, 0.6) is 5.88 Å². The number of nitrogens with zero attached hydrogens (tertiary/aromatic N) is 3. The molecule has 0 atom stereocenters. The van der Waals surface area contributed by atoms with Gasteiger partial charge in [0.2, 0.25) is 12.0 Å². The highest BCUT2D eigenvalue weighted by atomic mass is 16.5. The third kappa shape index (κ3) is 3.13. The fraction of sp³-hybridized carbons (Fsp3) is 0.333. The Morgan fingerprint density at radius 1 is 1.40 bits per heavy atom. The first-order chi connectivity index (χ1) is 9.61. The van der Waals surface area contributed by atoms with Gasteiger partial charge in [0.25, 0.3) is 0 Å². The van der Waals surface area contributed by atoms with Gasteiger partial charge in [-0.05, 0) is 17.5 Å². The molecule has 0 radical (unpaired) electrons. The van der Waals surface area contributed by atoms with Gasteiger partial charge in [-0.25, -0.2) is 4.79 Å². The number of benzene rings is 1. The first-order valence-electron chi connectivity index (χ1n) is 6.44. The van der Waals surface area contributed by atoms with Gasteiger partial charge in [0, 0.05) is 24.9 Å². The lowest BCUT2D eigenvalue weighted by atomic mass is 9.96. The van der Waals surface area contributed by atoms with E-state index in [4.69, 9.17) is 4.74 Å². The minimum atomic E-state index is 0.319. The highest BCUT2D eigenvalue weighted by Crippen LogP contribution is 2.29. The molecule has 0 bridgehead atoms. The van der Waals surface area contributed by atoms with Crippen molar-refractivity contribution in [1.29, 1.82) is 0 Å². The van der Waals surface area contributed by atoms with Gasteiger partial charge in [-0.3, -0.25) is 4.68 Å². The van der Waals surface area contributed by atoms with Crippen LogP contribution in [-0.4, -0.2) is 15.9 Å². The Hall–Kier alpha value is -2.39. The molecule has 5 nitrogen and oxygen atoms in total. The highest BCUT2D eigenvalue weighted by Gasteiger charge is 2.12. The van der Waals surface area contributed by atoms with Gasteiger partial charge in [-0.15, -0.1) is 5.10 Å². The van der Waals surface area contributed by atoms with Crippen molar-refractivity contribution < 1.29 is 9.53 Å². The summed E-state index contributed by atoms with van der Waals surface area (Å²) in [5.41, 5.74) is 2.61. The van der Waals surface area contributed by atoms with E-state index in [-0.39, 0.29) is 0 Å². The summed E-state index contributed by atoms with van der Waals surface area (Å²) in [6.07, 6.45) is 3.41. The zero-order valence-corrected chi connectivity index (χ0v) is 11.8. The summed E-state index contributed by atoms with van der Waals surface area (Å²) < 4.78 is 7.34. The van der Waals surface area contributed by atoms with Crippen molar-refractivity contribution in [3.8, 4) is 5.88 Å². The second-order valence-corrected chi connectivity index (χ2v) is 4.82. The second-order valence-electron chi connectivity index (χ2n) is 4.82. The molecule has 1 heterocycles. The second kappa shape index (κ2) is 6.17. The van der Waals surface area contributed by atoms with Crippen LogP contribution in [0, 0.1) is 0 Å². The van der Waals surface area contributed by atoms with Crippen LogP contribution >= 0.6 is 0 Å². The molecule has 20 heavy (non-hydrogen) atoms. The van der Waals surface area contributed by atoms with E-state index >= 15 is 0 Å². The quantitative estimate of drug-likeness (QED) is 0.620. The van der Waals surface area contributed by atoms with Crippen molar-refractivity contribution in [2.45, 2.75) is 26.4 Å². The summed E-state index contributed by atoms with van der Waals surface area (Å²) in [6.45, 7) is 4.51. The van der Waals surface area contributed by atoms with Crippen LogP contribution in [0.4, 0.5) is 5.69 Å². The van der Waals surface area contributed by atoms with Gasteiger partial charge >= 0.3 is 0 Å². The average molecular weight is 271 g/mol. The molecule has 0 unspecified atom stereocenters. The largest absolute Gasteiger partial charge is 0.472 e. The maximum absolute atomic E-state index is 10.5. The van der Waals surface area contributed by atoms with E-state index < -0.39 is 0 Å². The fourth-order valence-electron chi connectivity index (χ4n) is 2.06. The lowest BCUT2D eigenvalue weighted by Crippen LogP contribution is -2.03. The van der Waals surface area contributed by atoms with Crippen LogP contribution in [0.1, 0.15) is 30.9 Å². The molecule has 0 fully saturated rings. The number of carbonyl (C=O) groups excluding carboxylic acids is 1. The van der Waals surface area contributed by atoms with Gasteiger partial charge in [0.1, 0.15) is 6.61 Å². The first-order valence-corrected chi connectivity index (χ1v) is 6.44. The van der Waals surface area contributed by atoms with Crippen LogP contribution in [0.3, 0.4) is 0 Å². The summed E-state index contributed by atoms with van der Waals surface area (Å²) in [6, 6.07) is 7.48. The van der Waals surface area contributed by atoms with E-state index in [0.29, 0.717) is 24.1 Å². The fourth-order valence-corrected chi connectivity index (χ4v) is 2.06. The Kier molecular flexibility index (Phi) is 4.33. The molecule has 1 aromatic heterocycles. The molecule has 0 saturated carbocycles. The number of aryl methyl sites for hydroxylation is 1. The van der Waals surface area contributed by atoms with Crippen molar-refractivity contribution in [2.75, 3.05) is 0 Å². The third-order valence-electron chi connectivity index (χ3n) is 3.03. The minimum absolute atomic E-state index is 0.319. The molecule has 0 spiro atoms. The van der Waals surface area contributed by atoms with E-state index in [9.17, 15) is 4.79 Å². The Balaban J connectivity index is 2.30. The first kappa shape index (κ1) is 14.0. The van der Waals surface area contributed by atoms with E-state index in [2.05, 4.69) is 23.9 Å². The van der Waals surface area contributed by atoms with Crippen LogP contribution in [0.25, 0.3) is 0 Å². The zero-order chi connectivity index (χ0) is 14.5. The summed E-state index contributed by atoms with van der Waals surface area (Å²) in [5, 5.41) is 4.16. The molecule has 2 rings (SSSR count). The number of isocyanates is 1. The van der Waals surface area contributed by atoms with E-state index in [1.54, 1.807) is 22.9 Å². The molecular formula is C15H17N3O2. The van der Waals surface area contributed by atoms with Crippen molar-refractivity contribution in [1.82, 2.24) is 9.78 Å². The Labute approximate surface area is 117 Å². The van der Waals surface area contributed by atoms with Gasteiger partial charge in [-0.1, -0.05) is 26.0 Å². The number of ether oxygens (including phenoxy) is 1. The molecule has 5 heteroatoms. The summed E-state index contributed by atoms with van der Waals surface area (Å²) in [7, 11) is 1.83. The lowest BCUT2D eigenvalue weighted by molar-refractivity contribution is 0.290. The monoisotopic (exact) mass is 271 g/mol. The summed E-state index contributed by atoms with van der Waals surface area (Å²) in [5.74, 6) is 0.867. The van der Waals surface area contributed by atoms with Gasteiger partial charge in [0.05, 0.1) is 5.69 Å². The predicted molar refractivity (Wildman–Crippen MR) is 75.9 cm³/mol. The number of aromatic nitrogens is 2. The van der Waals surface area contributed by atoms with Crippen LogP contribution in [-0.2, 0) is 18.4 Å². The van der Waals surface area contributed by atoms with E-state index in [0.717, 1.165) is 11.1 Å². The molecule has 2 aromatic rings. The summed E-state index contributed by atoms with van der Waals surface area (Å²) in [4.78, 5) is 14.3. The van der Waals surface area contributed by atoms with Crippen LogP contribution < -0.4 is 4.74 Å². The maximum Gasteiger partial charge on any atom is 0.240 e. The average Bonchev–Trinajstić information content (AvgIpc) is 2.83. The van der Waals surface area contributed by atoms with E-state index in [1.807, 2.05) is 25.4 Å². The Morgan fingerprint density at radius 2 is 2.20 bits per heavy atom. The number of rotatable bonds is 5. The number of hydrogen-bond acceptors (Lipinski definition) is 4. The molecule has 0 aliphatic rings. The number of hydrogen-bond donors (Lipinski definition) is 0. The van der Waals surface area contributed by atoms with E-state index in [1.165, 1.54) is 0 Å². The van der Waals surface area contributed by atoms with Crippen molar-refractivity contribution >= 4 is 11.8 Å². The van der Waals surface area contributed by atoms with Gasteiger partial charge < -0.3 is 4.74 Å². The highest BCUT2D eigenvalue weighted by molar-refractivity contribution is 5.56. The smallest absolute Gasteiger partial charge is 0.240 e. The minimum Gasteiger partial charge on any atom is -0.472 e. The topological polar surface area (TPSA) is 56.5 Å². The molecule has 104 valence electrons. The van der Waals surface area contributed by atoms with Crippen molar-refractivity contribution in [2.24, 2.45) is 12.0 Å². The van der Waals surface area contributed by atoms with Crippen molar-refractivity contribution in [3.63, 3.8) is 0 Å². The molecule has 1 aromatic carbocycles. The van der Waals surface area contributed by atoms with Crippen molar-refractivity contribution in [3.05, 3.63) is 41.6 Å². The molecule has 0 N–H and O–H groups in total. The zero-order valence-electron chi connectivity index (χ0n) is 11.8. The Morgan fingerprint density at radius 3 is 2.80 bits per heavy atom. The molecule has 0 amide bonds. The molecule has 0 aliphatic heterocycles. The normalized spacial score (nSPS) is 10.4. The predicted octanol–water partition coefficient (Wildman–Crippen LogP) is 3.09. The SMILES string of the molecule is CC(C)c1cccc(N=C=O)c1COc1ccn(C)n1. The summed E-state index contributed by atoms with van der Waals surface area (Å²) >= 11 is 0. The van der Waals surface area contributed by atoms with Gasteiger partial charge in [0.15, 0.2) is 0 Å².